The van der Waals surface area contributed by atoms with Crippen molar-refractivity contribution < 1.29 is 13.3 Å². The highest BCUT2D eigenvalue weighted by molar-refractivity contribution is 7.89. The van der Waals surface area contributed by atoms with Gasteiger partial charge in [0.15, 0.2) is 0 Å². The number of hydrogen-bond donors (Lipinski definition) is 0. The molecule has 0 spiro atoms. The Morgan fingerprint density at radius 1 is 0.861 bits per heavy atom. The third-order valence-corrected chi connectivity index (χ3v) is 8.76. The maximum atomic E-state index is 13.2. The van der Waals surface area contributed by atoms with Crippen molar-refractivity contribution in [1.29, 1.82) is 0 Å². The Balaban J connectivity index is 1.73. The fraction of sp³-hybridized carbons (Fsp3) is 0.500. The van der Waals surface area contributed by atoms with E-state index in [1.807, 2.05) is 12.1 Å². The van der Waals surface area contributed by atoms with Crippen LogP contribution in [0.3, 0.4) is 0 Å². The van der Waals surface area contributed by atoms with E-state index in [0.29, 0.717) is 16.9 Å². The molecule has 2 aliphatic heterocycles. The molecular weight excluding hydrogens is 478 g/mol. The Morgan fingerprint density at radius 2 is 1.42 bits per heavy atom. The Morgan fingerprint density at radius 3 is 2.00 bits per heavy atom. The predicted molar refractivity (Wildman–Crippen MR) is 144 cm³/mol. The summed E-state index contributed by atoms with van der Waals surface area (Å²) < 4.78 is 27.6. The fourth-order valence-electron chi connectivity index (χ4n) is 4.89. The Labute approximate surface area is 213 Å². The zero-order valence-electron chi connectivity index (χ0n) is 21.1. The number of anilines is 2. The van der Waals surface area contributed by atoms with Gasteiger partial charge in [-0.2, -0.15) is 0 Å². The molecule has 2 aromatic carbocycles. The van der Waals surface area contributed by atoms with Crippen LogP contribution >= 0.6 is 0 Å². The van der Waals surface area contributed by atoms with Crippen LogP contribution in [0.2, 0.25) is 0 Å². The van der Waals surface area contributed by atoms with Gasteiger partial charge < -0.3 is 9.80 Å². The summed E-state index contributed by atoms with van der Waals surface area (Å²) in [5.41, 5.74) is 2.76. The highest BCUT2D eigenvalue weighted by Crippen LogP contribution is 2.33. The molecule has 2 fully saturated rings. The van der Waals surface area contributed by atoms with Gasteiger partial charge in [0.25, 0.3) is 5.69 Å². The highest BCUT2D eigenvalue weighted by Gasteiger charge is 2.25. The zero-order chi connectivity index (χ0) is 25.7. The van der Waals surface area contributed by atoms with Gasteiger partial charge in [0.05, 0.1) is 16.3 Å². The number of nitro benzene ring substituents is 1. The molecule has 0 amide bonds. The first-order valence-electron chi connectivity index (χ1n) is 12.7. The van der Waals surface area contributed by atoms with Crippen LogP contribution in [0.15, 0.2) is 46.3 Å². The number of non-ortho nitro benzene ring substituents is 1. The van der Waals surface area contributed by atoms with Gasteiger partial charge in [-0.1, -0.05) is 12.8 Å². The maximum Gasteiger partial charge on any atom is 0.270 e. The number of nitro groups is 1. The van der Waals surface area contributed by atoms with E-state index in [-0.39, 0.29) is 10.6 Å². The lowest BCUT2D eigenvalue weighted by Gasteiger charge is -2.31. The average Bonchev–Trinajstić information content (AvgIpc) is 3.17. The van der Waals surface area contributed by atoms with E-state index < -0.39 is 14.9 Å². The van der Waals surface area contributed by atoms with Crippen molar-refractivity contribution in [2.24, 2.45) is 4.99 Å². The first kappa shape index (κ1) is 26.1. The lowest BCUT2D eigenvalue weighted by atomic mass is 10.1. The number of sulfonamides is 1. The molecule has 0 unspecified atom stereocenters. The molecule has 10 heteroatoms. The molecule has 2 aromatic rings. The molecule has 9 nitrogen and oxygen atoms in total. The second-order valence-corrected chi connectivity index (χ2v) is 11.8. The molecule has 0 saturated carbocycles. The van der Waals surface area contributed by atoms with Gasteiger partial charge in [0, 0.05) is 69.9 Å². The molecule has 0 atom stereocenters. The summed E-state index contributed by atoms with van der Waals surface area (Å²) in [6.45, 7) is 3.44. The minimum atomic E-state index is -3.69. The highest BCUT2D eigenvalue weighted by atomic mass is 32.2. The van der Waals surface area contributed by atoms with Crippen LogP contribution in [0.1, 0.15) is 50.5 Å². The normalized spacial score (nSPS) is 17.5. The lowest BCUT2D eigenvalue weighted by Crippen LogP contribution is -2.32. The van der Waals surface area contributed by atoms with Gasteiger partial charge in [-0.15, -0.1) is 0 Å². The van der Waals surface area contributed by atoms with Crippen molar-refractivity contribution in [2.45, 2.75) is 49.8 Å². The van der Waals surface area contributed by atoms with E-state index >= 15 is 0 Å². The van der Waals surface area contributed by atoms with Crippen LogP contribution < -0.4 is 9.80 Å². The van der Waals surface area contributed by atoms with Crippen LogP contribution in [-0.4, -0.2) is 64.1 Å². The van der Waals surface area contributed by atoms with Crippen LogP contribution in [0.4, 0.5) is 22.7 Å². The molecule has 2 heterocycles. The Hall–Kier alpha value is -2.98. The lowest BCUT2D eigenvalue weighted by molar-refractivity contribution is -0.384. The third-order valence-electron chi connectivity index (χ3n) is 6.92. The van der Waals surface area contributed by atoms with E-state index in [2.05, 4.69) is 14.8 Å². The van der Waals surface area contributed by atoms with E-state index in [9.17, 15) is 18.5 Å². The summed E-state index contributed by atoms with van der Waals surface area (Å²) in [4.78, 5) is 20.3. The second kappa shape index (κ2) is 11.4. The van der Waals surface area contributed by atoms with Gasteiger partial charge in [0.1, 0.15) is 4.90 Å². The minimum Gasteiger partial charge on any atom is -0.371 e. The quantitative estimate of drug-likeness (QED) is 0.295. The van der Waals surface area contributed by atoms with Crippen molar-refractivity contribution in [3.05, 3.63) is 52.1 Å². The standard InChI is InChI=1S/C26H35N5O4S/c1-28(2)36(34,35)26-19-22(10-12-25(26)30-16-8-5-9-17-30)27-20-21-18-23(31(32)33)11-13-24(21)29-14-6-3-4-7-15-29/h10-13,18-20H,3-9,14-17H2,1-2H3. The summed E-state index contributed by atoms with van der Waals surface area (Å²) in [5, 5.41) is 11.4. The van der Waals surface area contributed by atoms with Crippen LogP contribution in [0, 0.1) is 10.1 Å². The molecule has 0 radical (unpaired) electrons. The molecule has 194 valence electrons. The minimum absolute atomic E-state index is 0.00587. The van der Waals surface area contributed by atoms with Crippen molar-refractivity contribution in [3.8, 4) is 0 Å². The maximum absolute atomic E-state index is 13.2. The first-order valence-corrected chi connectivity index (χ1v) is 14.1. The molecule has 0 aromatic heterocycles. The largest absolute Gasteiger partial charge is 0.371 e. The summed E-state index contributed by atoms with van der Waals surface area (Å²) in [6, 6.07) is 10.1. The van der Waals surface area contributed by atoms with Crippen LogP contribution in [-0.2, 0) is 10.0 Å². The topological polar surface area (TPSA) is 99.4 Å². The van der Waals surface area contributed by atoms with E-state index in [0.717, 1.165) is 64.0 Å². The smallest absolute Gasteiger partial charge is 0.270 e. The first-order chi connectivity index (χ1) is 17.3. The number of aliphatic imine (C=N–C) groups is 1. The zero-order valence-corrected chi connectivity index (χ0v) is 21.9. The molecule has 36 heavy (non-hydrogen) atoms. The van der Waals surface area contributed by atoms with Crippen molar-refractivity contribution >= 4 is 39.0 Å². The van der Waals surface area contributed by atoms with Gasteiger partial charge in [0.2, 0.25) is 10.0 Å². The summed E-state index contributed by atoms with van der Waals surface area (Å²) in [6.07, 6.45) is 9.36. The van der Waals surface area contributed by atoms with Gasteiger partial charge in [-0.25, -0.2) is 12.7 Å². The number of rotatable bonds is 7. The third kappa shape index (κ3) is 5.87. The molecule has 2 aliphatic rings. The Kier molecular flexibility index (Phi) is 8.25. The fourth-order valence-corrected chi connectivity index (χ4v) is 6.01. The number of benzene rings is 2. The molecule has 0 aliphatic carbocycles. The van der Waals surface area contributed by atoms with Crippen LogP contribution in [0.5, 0.6) is 0 Å². The van der Waals surface area contributed by atoms with E-state index in [4.69, 9.17) is 0 Å². The van der Waals surface area contributed by atoms with Crippen molar-refractivity contribution in [1.82, 2.24) is 4.31 Å². The monoisotopic (exact) mass is 513 g/mol. The van der Waals surface area contributed by atoms with E-state index in [1.54, 1.807) is 24.4 Å². The SMILES string of the molecule is CN(C)S(=O)(=O)c1cc(N=Cc2cc([N+](=O)[O-])ccc2N2CCCCCC2)ccc1N1CCCCC1. The number of piperidine rings is 1. The van der Waals surface area contributed by atoms with E-state index in [1.165, 1.54) is 37.3 Å². The summed E-state index contributed by atoms with van der Waals surface area (Å²) >= 11 is 0. The molecule has 0 bridgehead atoms. The summed E-state index contributed by atoms with van der Waals surface area (Å²) in [5.74, 6) is 0. The van der Waals surface area contributed by atoms with Crippen molar-refractivity contribution in [2.75, 3.05) is 50.1 Å². The predicted octanol–water partition coefficient (Wildman–Crippen LogP) is 4.97. The number of hydrogen-bond acceptors (Lipinski definition) is 7. The molecule has 0 N–H and O–H groups in total. The summed E-state index contributed by atoms with van der Waals surface area (Å²) in [7, 11) is -0.630. The number of nitrogens with zero attached hydrogens (tertiary/aromatic N) is 5. The Bertz CT molecular complexity index is 1210. The van der Waals surface area contributed by atoms with Gasteiger partial charge in [-0.05, 0) is 56.4 Å². The molecule has 4 rings (SSSR count). The average molecular weight is 514 g/mol. The molecular formula is C26H35N5O4S. The van der Waals surface area contributed by atoms with Crippen molar-refractivity contribution in [3.63, 3.8) is 0 Å². The van der Waals surface area contributed by atoms with Crippen LogP contribution in [0.25, 0.3) is 0 Å². The second-order valence-electron chi connectivity index (χ2n) is 9.65. The van der Waals surface area contributed by atoms with Gasteiger partial charge >= 0.3 is 0 Å². The van der Waals surface area contributed by atoms with Gasteiger partial charge in [-0.3, -0.25) is 15.1 Å². The molecule has 2 saturated heterocycles.